The summed E-state index contributed by atoms with van der Waals surface area (Å²) in [6.07, 6.45) is 0. The summed E-state index contributed by atoms with van der Waals surface area (Å²) in [5.74, 6) is 1.14. The average Bonchev–Trinajstić information content (AvgIpc) is 2.39. The van der Waals surface area contributed by atoms with Gasteiger partial charge in [0.25, 0.3) is 0 Å². The second kappa shape index (κ2) is 4.58. The van der Waals surface area contributed by atoms with E-state index in [4.69, 9.17) is 4.98 Å². The van der Waals surface area contributed by atoms with Crippen molar-refractivity contribution in [2.24, 2.45) is 0 Å². The van der Waals surface area contributed by atoms with Gasteiger partial charge in [0.1, 0.15) is 5.82 Å². The second-order valence-electron chi connectivity index (χ2n) is 5.26. The molecule has 1 fully saturated rings. The van der Waals surface area contributed by atoms with Gasteiger partial charge in [0.15, 0.2) is 0 Å². The van der Waals surface area contributed by atoms with Crippen LogP contribution in [0, 0.1) is 6.92 Å². The van der Waals surface area contributed by atoms with Crippen molar-refractivity contribution in [3.8, 4) is 0 Å². The van der Waals surface area contributed by atoms with E-state index < -0.39 is 0 Å². The molecule has 3 rings (SSSR count). The molecule has 1 saturated heterocycles. The number of nitrogens with zero attached hydrogens (tertiary/aromatic N) is 2. The van der Waals surface area contributed by atoms with Crippen molar-refractivity contribution < 1.29 is 4.90 Å². The van der Waals surface area contributed by atoms with E-state index in [-0.39, 0.29) is 0 Å². The van der Waals surface area contributed by atoms with Gasteiger partial charge in [-0.2, -0.15) is 0 Å². The number of piperazine rings is 1. The molecule has 0 spiro atoms. The summed E-state index contributed by atoms with van der Waals surface area (Å²) in [4.78, 5) is 8.83. The minimum absolute atomic E-state index is 1.11. The van der Waals surface area contributed by atoms with Gasteiger partial charge in [-0.15, -0.1) is 0 Å². The summed E-state index contributed by atoms with van der Waals surface area (Å²) in [6.45, 7) is 6.79. The van der Waals surface area contributed by atoms with Crippen LogP contribution in [-0.4, -0.2) is 38.2 Å². The van der Waals surface area contributed by atoms with E-state index in [1.807, 2.05) is 0 Å². The highest BCUT2D eigenvalue weighted by Gasteiger charge is 2.18. The third kappa shape index (κ3) is 2.06. The molecule has 0 atom stereocenters. The fourth-order valence-corrected chi connectivity index (χ4v) is 2.61. The first-order valence-electron chi connectivity index (χ1n) is 6.67. The number of pyridine rings is 1. The molecule has 0 amide bonds. The molecule has 1 aromatic carbocycles. The topological polar surface area (TPSA) is 20.6 Å². The Bertz CT molecular complexity index is 557. The minimum atomic E-state index is 1.11. The first-order valence-corrected chi connectivity index (χ1v) is 6.67. The Morgan fingerprint density at radius 2 is 1.89 bits per heavy atom. The summed E-state index contributed by atoms with van der Waals surface area (Å²) in [5.41, 5.74) is 2.43. The van der Waals surface area contributed by atoms with Gasteiger partial charge in [-0.25, -0.2) is 4.98 Å². The molecule has 2 aromatic rings. The Kier molecular flexibility index (Phi) is 2.92. The van der Waals surface area contributed by atoms with E-state index in [1.165, 1.54) is 24.0 Å². The quantitative estimate of drug-likeness (QED) is 0.801. The highest BCUT2D eigenvalue weighted by atomic mass is 15.3. The van der Waals surface area contributed by atoms with Crippen LogP contribution in [-0.2, 0) is 0 Å². The lowest BCUT2D eigenvalue weighted by atomic mass is 10.1. The van der Waals surface area contributed by atoms with Crippen LogP contribution < -0.4 is 9.80 Å². The minimum Gasteiger partial charge on any atom is -0.345 e. The maximum absolute atomic E-state index is 4.80. The zero-order valence-electron chi connectivity index (χ0n) is 11.1. The third-order valence-electron chi connectivity index (χ3n) is 3.85. The molecule has 18 heavy (non-hydrogen) atoms. The number of likely N-dealkylation sites (N-methyl/N-ethyl adjacent to an activating group) is 1. The van der Waals surface area contributed by atoms with E-state index in [0.29, 0.717) is 0 Å². The normalized spacial score (nSPS) is 17.3. The van der Waals surface area contributed by atoms with E-state index >= 15 is 0 Å². The number of nitrogens with one attached hydrogen (secondary N) is 1. The molecule has 0 saturated carbocycles. The lowest BCUT2D eigenvalue weighted by Crippen LogP contribution is -3.12. The number of benzene rings is 1. The first kappa shape index (κ1) is 11.5. The molecule has 1 N–H and O–H groups in total. The number of fused-ring (bicyclic) bond motifs is 1. The number of hydrogen-bond donors (Lipinski definition) is 1. The van der Waals surface area contributed by atoms with Gasteiger partial charge < -0.3 is 9.80 Å². The number of hydrogen-bond acceptors (Lipinski definition) is 2. The number of para-hydroxylation sites is 1. The number of rotatable bonds is 1. The van der Waals surface area contributed by atoms with Crippen molar-refractivity contribution in [3.05, 3.63) is 35.9 Å². The number of anilines is 1. The number of aryl methyl sites for hydroxylation is 1. The van der Waals surface area contributed by atoms with Crippen LogP contribution in [0.15, 0.2) is 30.3 Å². The first-order chi connectivity index (χ1) is 8.74. The Morgan fingerprint density at radius 1 is 1.17 bits per heavy atom. The maximum Gasteiger partial charge on any atom is 0.129 e. The largest absolute Gasteiger partial charge is 0.345 e. The molecular formula is C15H20N3+. The van der Waals surface area contributed by atoms with E-state index in [9.17, 15) is 0 Å². The zero-order valence-corrected chi connectivity index (χ0v) is 11.1. The monoisotopic (exact) mass is 242 g/mol. The summed E-state index contributed by atoms with van der Waals surface area (Å²) < 4.78 is 0. The predicted octanol–water partition coefficient (Wildman–Crippen LogP) is 0.878. The van der Waals surface area contributed by atoms with Crippen LogP contribution in [0.3, 0.4) is 0 Å². The lowest BCUT2D eigenvalue weighted by molar-refractivity contribution is -0.880. The van der Waals surface area contributed by atoms with Gasteiger partial charge in [0.05, 0.1) is 38.7 Å². The van der Waals surface area contributed by atoms with Crippen molar-refractivity contribution in [1.82, 2.24) is 4.98 Å². The molecule has 0 radical (unpaired) electrons. The molecule has 1 aliphatic rings. The number of aromatic nitrogens is 1. The summed E-state index contributed by atoms with van der Waals surface area (Å²) in [7, 11) is 2.26. The molecule has 0 aliphatic carbocycles. The van der Waals surface area contributed by atoms with Crippen molar-refractivity contribution >= 4 is 16.7 Å². The molecule has 0 unspecified atom stereocenters. The average molecular weight is 242 g/mol. The van der Waals surface area contributed by atoms with Crippen molar-refractivity contribution in [3.63, 3.8) is 0 Å². The summed E-state index contributed by atoms with van der Waals surface area (Å²) in [5, 5.41) is 1.26. The molecule has 3 nitrogen and oxygen atoms in total. The molecule has 2 heterocycles. The smallest absolute Gasteiger partial charge is 0.129 e. The van der Waals surface area contributed by atoms with Gasteiger partial charge in [0, 0.05) is 5.39 Å². The van der Waals surface area contributed by atoms with Gasteiger partial charge in [-0.05, 0) is 24.6 Å². The van der Waals surface area contributed by atoms with Crippen LogP contribution in [0.25, 0.3) is 10.9 Å². The van der Waals surface area contributed by atoms with Crippen LogP contribution in [0.4, 0.5) is 5.82 Å². The molecule has 1 aliphatic heterocycles. The van der Waals surface area contributed by atoms with Crippen molar-refractivity contribution in [1.29, 1.82) is 0 Å². The lowest BCUT2D eigenvalue weighted by Gasteiger charge is -2.31. The van der Waals surface area contributed by atoms with Crippen molar-refractivity contribution in [2.45, 2.75) is 6.92 Å². The van der Waals surface area contributed by atoms with Gasteiger partial charge in [-0.1, -0.05) is 18.2 Å². The molecule has 3 heteroatoms. The Morgan fingerprint density at radius 3 is 2.67 bits per heavy atom. The second-order valence-corrected chi connectivity index (χ2v) is 5.26. The van der Waals surface area contributed by atoms with Gasteiger partial charge in [0.2, 0.25) is 0 Å². The molecule has 1 aromatic heterocycles. The molecule has 94 valence electrons. The van der Waals surface area contributed by atoms with E-state index in [2.05, 4.69) is 49.2 Å². The highest BCUT2D eigenvalue weighted by Crippen LogP contribution is 2.22. The van der Waals surface area contributed by atoms with Gasteiger partial charge >= 0.3 is 0 Å². The fourth-order valence-electron chi connectivity index (χ4n) is 2.61. The predicted molar refractivity (Wildman–Crippen MR) is 75.3 cm³/mol. The molecular weight excluding hydrogens is 222 g/mol. The molecule has 0 bridgehead atoms. The van der Waals surface area contributed by atoms with Gasteiger partial charge in [-0.3, -0.25) is 0 Å². The third-order valence-corrected chi connectivity index (χ3v) is 3.85. The Balaban J connectivity index is 1.97. The highest BCUT2D eigenvalue weighted by molar-refractivity contribution is 5.83. The zero-order chi connectivity index (χ0) is 12.5. The maximum atomic E-state index is 4.80. The van der Waals surface area contributed by atoms with Crippen molar-refractivity contribution in [2.75, 3.05) is 38.1 Å². The standard InChI is InChI=1S/C15H19N3/c1-12-11-15(18-9-7-17(2)8-10-18)16-14-6-4-3-5-13(12)14/h3-6,11H,7-10H2,1-2H3/p+1. The van der Waals surface area contributed by atoms with E-state index in [0.717, 1.165) is 24.4 Å². The fraction of sp³-hybridized carbons (Fsp3) is 0.400. The van der Waals surface area contributed by atoms with Crippen LogP contribution in [0.1, 0.15) is 5.56 Å². The Labute approximate surface area is 108 Å². The van der Waals surface area contributed by atoms with E-state index in [1.54, 1.807) is 4.90 Å². The SMILES string of the molecule is Cc1cc(N2CC[NH+](C)CC2)nc2ccccc12. The summed E-state index contributed by atoms with van der Waals surface area (Å²) >= 11 is 0. The Hall–Kier alpha value is -1.61. The van der Waals surface area contributed by atoms with Crippen LogP contribution in [0.5, 0.6) is 0 Å². The van der Waals surface area contributed by atoms with Crippen LogP contribution >= 0.6 is 0 Å². The van der Waals surface area contributed by atoms with Crippen LogP contribution in [0.2, 0.25) is 0 Å². The summed E-state index contributed by atoms with van der Waals surface area (Å²) in [6, 6.07) is 10.6. The number of quaternary nitrogens is 1.